The van der Waals surface area contributed by atoms with Gasteiger partial charge in [0.2, 0.25) is 5.91 Å². The van der Waals surface area contributed by atoms with Crippen LogP contribution in [0.25, 0.3) is 0 Å². The number of piperazine rings is 1. The number of hydrogen-bond donors (Lipinski definition) is 1. The molecule has 0 unspecified atom stereocenters. The number of nitrogens with zero attached hydrogens (tertiary/aromatic N) is 3. The van der Waals surface area contributed by atoms with Gasteiger partial charge in [0, 0.05) is 32.7 Å². The molecule has 1 N–H and O–H groups in total. The Hall–Kier alpha value is -1.79. The van der Waals surface area contributed by atoms with Crippen LogP contribution in [0.5, 0.6) is 0 Å². The van der Waals surface area contributed by atoms with E-state index in [1.54, 1.807) is 35.6 Å². The molecule has 2 fully saturated rings. The molecule has 2 aliphatic rings. The van der Waals surface area contributed by atoms with Gasteiger partial charge in [0.25, 0.3) is 0 Å². The summed E-state index contributed by atoms with van der Waals surface area (Å²) in [5.74, 6) is -1.00. The number of amides is 3. The average Bonchev–Trinajstić information content (AvgIpc) is 3.20. The van der Waals surface area contributed by atoms with E-state index >= 15 is 0 Å². The first-order valence-corrected chi connectivity index (χ1v) is 7.30. The highest BCUT2D eigenvalue weighted by Crippen LogP contribution is 2.31. The quantitative estimate of drug-likeness (QED) is 0.824. The molecule has 0 bridgehead atoms. The predicted octanol–water partition coefficient (Wildman–Crippen LogP) is 0.598. The summed E-state index contributed by atoms with van der Waals surface area (Å²) in [5, 5.41) is 8.82. The van der Waals surface area contributed by atoms with E-state index in [2.05, 4.69) is 0 Å². The fourth-order valence-corrected chi connectivity index (χ4v) is 2.74. The van der Waals surface area contributed by atoms with Crippen molar-refractivity contribution in [2.24, 2.45) is 0 Å². The molecule has 2 rings (SSSR count). The molecule has 0 aromatic rings. The Morgan fingerprint density at radius 1 is 1.33 bits per heavy atom. The molecule has 3 amide bonds. The van der Waals surface area contributed by atoms with Crippen LogP contribution in [0, 0.1) is 0 Å². The van der Waals surface area contributed by atoms with Crippen LogP contribution >= 0.6 is 0 Å². The maximum atomic E-state index is 12.7. The second kappa shape index (κ2) is 5.54. The highest BCUT2D eigenvalue weighted by Gasteiger charge is 2.46. The minimum atomic E-state index is -0.915. The molecule has 7 nitrogen and oxygen atoms in total. The van der Waals surface area contributed by atoms with Crippen LogP contribution < -0.4 is 0 Å². The van der Waals surface area contributed by atoms with Gasteiger partial charge in [0.15, 0.2) is 0 Å². The Morgan fingerprint density at radius 3 is 2.48 bits per heavy atom. The van der Waals surface area contributed by atoms with Crippen molar-refractivity contribution < 1.29 is 19.5 Å². The first-order chi connectivity index (χ1) is 9.75. The van der Waals surface area contributed by atoms with Gasteiger partial charge in [-0.1, -0.05) is 0 Å². The third kappa shape index (κ3) is 3.11. The van der Waals surface area contributed by atoms with E-state index in [0.717, 1.165) is 12.8 Å². The van der Waals surface area contributed by atoms with Crippen LogP contribution in [0.4, 0.5) is 4.79 Å². The van der Waals surface area contributed by atoms with Crippen LogP contribution in [-0.4, -0.2) is 76.0 Å². The summed E-state index contributed by atoms with van der Waals surface area (Å²) in [7, 11) is 1.73. The molecule has 0 aromatic carbocycles. The Labute approximate surface area is 124 Å². The maximum absolute atomic E-state index is 12.7. The number of rotatable bonds is 4. The first-order valence-electron chi connectivity index (χ1n) is 7.30. The molecule has 1 aliphatic carbocycles. The van der Waals surface area contributed by atoms with E-state index in [1.165, 1.54) is 0 Å². The van der Waals surface area contributed by atoms with Crippen molar-refractivity contribution in [1.29, 1.82) is 0 Å². The third-order valence-corrected chi connectivity index (χ3v) is 4.23. The lowest BCUT2D eigenvalue weighted by atomic mass is 9.98. The molecular formula is C14H23N3O4. The van der Waals surface area contributed by atoms with Gasteiger partial charge in [-0.05, 0) is 26.7 Å². The number of hydrogen-bond acceptors (Lipinski definition) is 3. The Morgan fingerprint density at radius 2 is 1.95 bits per heavy atom. The SMILES string of the molecule is CN1CCN(C(=O)N(CCC(=O)O)C2CC2)C(C)(C)C1=O. The molecule has 0 spiro atoms. The van der Waals surface area contributed by atoms with E-state index in [4.69, 9.17) is 5.11 Å². The largest absolute Gasteiger partial charge is 0.481 e. The lowest BCUT2D eigenvalue weighted by molar-refractivity contribution is -0.145. The molecule has 7 heteroatoms. The molecule has 0 atom stereocenters. The van der Waals surface area contributed by atoms with E-state index < -0.39 is 11.5 Å². The number of likely N-dealkylation sites (N-methyl/N-ethyl adjacent to an activating group) is 1. The predicted molar refractivity (Wildman–Crippen MR) is 75.8 cm³/mol. The number of urea groups is 1. The molecule has 1 saturated carbocycles. The van der Waals surface area contributed by atoms with Gasteiger partial charge in [-0.25, -0.2) is 4.79 Å². The highest BCUT2D eigenvalue weighted by atomic mass is 16.4. The number of carboxylic acid groups (broad SMARTS) is 1. The lowest BCUT2D eigenvalue weighted by Crippen LogP contribution is -2.65. The van der Waals surface area contributed by atoms with Crippen LogP contribution in [0.2, 0.25) is 0 Å². The van der Waals surface area contributed by atoms with Crippen molar-refractivity contribution in [1.82, 2.24) is 14.7 Å². The molecule has 118 valence electrons. The van der Waals surface area contributed by atoms with Crippen molar-refractivity contribution in [3.8, 4) is 0 Å². The van der Waals surface area contributed by atoms with Crippen LogP contribution in [0.3, 0.4) is 0 Å². The molecule has 21 heavy (non-hydrogen) atoms. The summed E-state index contributed by atoms with van der Waals surface area (Å²) in [6.45, 7) is 4.67. The fraction of sp³-hybridized carbons (Fsp3) is 0.786. The smallest absolute Gasteiger partial charge is 0.321 e. The van der Waals surface area contributed by atoms with Crippen molar-refractivity contribution in [3.63, 3.8) is 0 Å². The van der Waals surface area contributed by atoms with E-state index in [9.17, 15) is 14.4 Å². The van der Waals surface area contributed by atoms with Crippen LogP contribution in [0.1, 0.15) is 33.1 Å². The van der Waals surface area contributed by atoms with Gasteiger partial charge in [-0.3, -0.25) is 9.59 Å². The Bertz CT molecular complexity index is 459. The molecule has 0 aromatic heterocycles. The number of aliphatic carboxylic acids is 1. The zero-order chi connectivity index (χ0) is 15.8. The average molecular weight is 297 g/mol. The molecule has 1 heterocycles. The normalized spacial score (nSPS) is 21.4. The van der Waals surface area contributed by atoms with Crippen molar-refractivity contribution >= 4 is 17.9 Å². The van der Waals surface area contributed by atoms with E-state index in [-0.39, 0.29) is 30.9 Å². The number of carbonyl (C=O) groups is 3. The minimum Gasteiger partial charge on any atom is -0.481 e. The summed E-state index contributed by atoms with van der Waals surface area (Å²) in [4.78, 5) is 40.6. The summed E-state index contributed by atoms with van der Waals surface area (Å²) in [5.41, 5.74) is -0.888. The summed E-state index contributed by atoms with van der Waals surface area (Å²) >= 11 is 0. The maximum Gasteiger partial charge on any atom is 0.321 e. The van der Waals surface area contributed by atoms with Gasteiger partial charge in [0.1, 0.15) is 5.54 Å². The van der Waals surface area contributed by atoms with E-state index in [0.29, 0.717) is 13.1 Å². The van der Waals surface area contributed by atoms with Crippen molar-refractivity contribution in [2.75, 3.05) is 26.7 Å². The minimum absolute atomic E-state index is 0.0651. The first kappa shape index (κ1) is 15.6. The molecule has 1 aliphatic heterocycles. The van der Waals surface area contributed by atoms with Gasteiger partial charge in [-0.2, -0.15) is 0 Å². The zero-order valence-corrected chi connectivity index (χ0v) is 12.8. The summed E-state index contributed by atoms with van der Waals surface area (Å²) < 4.78 is 0. The van der Waals surface area contributed by atoms with Gasteiger partial charge in [-0.15, -0.1) is 0 Å². The van der Waals surface area contributed by atoms with Gasteiger partial charge >= 0.3 is 12.0 Å². The van der Waals surface area contributed by atoms with E-state index in [1.807, 2.05) is 0 Å². The summed E-state index contributed by atoms with van der Waals surface area (Å²) in [6.07, 6.45) is 1.76. The zero-order valence-electron chi connectivity index (χ0n) is 12.8. The monoisotopic (exact) mass is 297 g/mol. The van der Waals surface area contributed by atoms with Crippen LogP contribution in [0.15, 0.2) is 0 Å². The van der Waals surface area contributed by atoms with Crippen molar-refractivity contribution in [2.45, 2.75) is 44.7 Å². The molecule has 0 radical (unpaired) electrons. The summed E-state index contributed by atoms with van der Waals surface area (Å²) in [6, 6.07) is -0.0902. The second-order valence-electron chi connectivity index (χ2n) is 6.29. The highest BCUT2D eigenvalue weighted by molar-refractivity contribution is 5.91. The molecule has 1 saturated heterocycles. The topological polar surface area (TPSA) is 81.2 Å². The van der Waals surface area contributed by atoms with Gasteiger partial charge in [0.05, 0.1) is 6.42 Å². The number of carbonyl (C=O) groups excluding carboxylic acids is 2. The Balaban J connectivity index is 2.12. The fourth-order valence-electron chi connectivity index (χ4n) is 2.74. The number of carboxylic acids is 1. The standard InChI is InChI=1S/C14H23N3O4/c1-14(2)12(20)15(3)8-9-17(14)13(21)16(10-4-5-10)7-6-11(18)19/h10H,4-9H2,1-3H3,(H,18,19). The third-order valence-electron chi connectivity index (χ3n) is 4.23. The van der Waals surface area contributed by atoms with Crippen LogP contribution in [-0.2, 0) is 9.59 Å². The lowest BCUT2D eigenvalue weighted by Gasteiger charge is -2.46. The second-order valence-corrected chi connectivity index (χ2v) is 6.29. The van der Waals surface area contributed by atoms with Gasteiger partial charge < -0.3 is 19.8 Å². The van der Waals surface area contributed by atoms with Crippen molar-refractivity contribution in [3.05, 3.63) is 0 Å². The Kier molecular flexibility index (Phi) is 4.11. The molecular weight excluding hydrogens is 274 g/mol.